The van der Waals surface area contributed by atoms with Crippen molar-refractivity contribution < 1.29 is 14.6 Å². The van der Waals surface area contributed by atoms with E-state index in [0.717, 1.165) is 29.7 Å². The predicted molar refractivity (Wildman–Crippen MR) is 94.2 cm³/mol. The van der Waals surface area contributed by atoms with E-state index in [2.05, 4.69) is 13.0 Å². The first-order chi connectivity index (χ1) is 12.1. The van der Waals surface area contributed by atoms with Crippen LogP contribution in [0.1, 0.15) is 36.8 Å². The van der Waals surface area contributed by atoms with Gasteiger partial charge in [0.1, 0.15) is 28.9 Å². The Morgan fingerprint density at radius 1 is 1.28 bits per heavy atom. The van der Waals surface area contributed by atoms with Crippen molar-refractivity contribution in [1.29, 1.82) is 5.26 Å². The van der Waals surface area contributed by atoms with Gasteiger partial charge in [0.25, 0.3) is 0 Å². The summed E-state index contributed by atoms with van der Waals surface area (Å²) >= 11 is 0. The second-order valence-corrected chi connectivity index (χ2v) is 5.92. The van der Waals surface area contributed by atoms with E-state index in [4.69, 9.17) is 15.2 Å². The molecule has 1 aliphatic heterocycles. The Kier molecular flexibility index (Phi) is 4.80. The zero-order valence-corrected chi connectivity index (χ0v) is 14.0. The van der Waals surface area contributed by atoms with Crippen LogP contribution in [-0.2, 0) is 0 Å². The third-order valence-corrected chi connectivity index (χ3v) is 4.16. The summed E-state index contributed by atoms with van der Waals surface area (Å²) in [6.07, 6.45) is 2.05. The van der Waals surface area contributed by atoms with E-state index in [0.29, 0.717) is 17.9 Å². The zero-order valence-electron chi connectivity index (χ0n) is 14.0. The number of benzene rings is 2. The largest absolute Gasteiger partial charge is 0.508 e. The Morgan fingerprint density at radius 3 is 2.88 bits per heavy atom. The standard InChI is InChI=1S/C20H20N2O3/c1-2-3-9-24-15-6-4-5-13(10-15)19-16-8-7-14(23)11-18(16)25-20(22)17(19)12-21/h4-8,10-11,19,23H,2-3,9,22H2,1H3/t19-/m1/s1. The first-order valence-corrected chi connectivity index (χ1v) is 8.27. The van der Waals surface area contributed by atoms with E-state index in [1.165, 1.54) is 6.07 Å². The monoisotopic (exact) mass is 336 g/mol. The van der Waals surface area contributed by atoms with E-state index >= 15 is 0 Å². The molecule has 2 aromatic rings. The van der Waals surface area contributed by atoms with Crippen LogP contribution in [0.2, 0.25) is 0 Å². The van der Waals surface area contributed by atoms with E-state index in [9.17, 15) is 10.4 Å². The van der Waals surface area contributed by atoms with Gasteiger partial charge in [0.05, 0.1) is 12.5 Å². The third kappa shape index (κ3) is 3.38. The molecule has 0 spiro atoms. The molecular formula is C20H20N2O3. The lowest BCUT2D eigenvalue weighted by atomic mass is 9.83. The maximum atomic E-state index is 9.70. The third-order valence-electron chi connectivity index (χ3n) is 4.16. The van der Waals surface area contributed by atoms with E-state index in [1.807, 2.05) is 24.3 Å². The number of fused-ring (bicyclic) bond motifs is 1. The Balaban J connectivity index is 2.03. The van der Waals surface area contributed by atoms with Crippen molar-refractivity contribution in [3.8, 4) is 23.3 Å². The van der Waals surface area contributed by atoms with Crippen LogP contribution in [-0.4, -0.2) is 11.7 Å². The van der Waals surface area contributed by atoms with Gasteiger partial charge < -0.3 is 20.3 Å². The molecule has 1 atom stereocenters. The molecule has 0 bridgehead atoms. The van der Waals surface area contributed by atoms with Crippen molar-refractivity contribution in [2.45, 2.75) is 25.7 Å². The maximum Gasteiger partial charge on any atom is 0.205 e. The van der Waals surface area contributed by atoms with Gasteiger partial charge in [0.15, 0.2) is 0 Å². The van der Waals surface area contributed by atoms with Gasteiger partial charge in [0.2, 0.25) is 5.88 Å². The first kappa shape index (κ1) is 16.7. The molecule has 5 heteroatoms. The fourth-order valence-electron chi connectivity index (χ4n) is 2.91. The summed E-state index contributed by atoms with van der Waals surface area (Å²) in [5, 5.41) is 19.3. The predicted octanol–water partition coefficient (Wildman–Crippen LogP) is 3.79. The fraction of sp³-hybridized carbons (Fsp3) is 0.250. The van der Waals surface area contributed by atoms with Crippen LogP contribution >= 0.6 is 0 Å². The summed E-state index contributed by atoms with van der Waals surface area (Å²) in [5.74, 6) is 1.00. The molecule has 128 valence electrons. The number of unbranched alkanes of at least 4 members (excludes halogenated alkanes) is 1. The topological polar surface area (TPSA) is 88.5 Å². The summed E-state index contributed by atoms with van der Waals surface area (Å²) in [7, 11) is 0. The van der Waals surface area contributed by atoms with Gasteiger partial charge in [-0.15, -0.1) is 0 Å². The van der Waals surface area contributed by atoms with Gasteiger partial charge in [0, 0.05) is 11.6 Å². The normalized spacial score (nSPS) is 15.9. The molecular weight excluding hydrogens is 316 g/mol. The Bertz CT molecular complexity index is 852. The second kappa shape index (κ2) is 7.18. The lowest BCUT2D eigenvalue weighted by molar-refractivity contribution is 0.309. The molecule has 3 rings (SSSR count). The average Bonchev–Trinajstić information content (AvgIpc) is 2.61. The summed E-state index contributed by atoms with van der Waals surface area (Å²) < 4.78 is 11.3. The van der Waals surface area contributed by atoms with E-state index < -0.39 is 0 Å². The Hall–Kier alpha value is -3.13. The molecule has 0 amide bonds. The van der Waals surface area contributed by atoms with Gasteiger partial charge in [-0.05, 0) is 30.2 Å². The van der Waals surface area contributed by atoms with Crippen molar-refractivity contribution in [2.24, 2.45) is 5.73 Å². The maximum absolute atomic E-state index is 9.70. The highest BCUT2D eigenvalue weighted by atomic mass is 16.5. The van der Waals surface area contributed by atoms with Gasteiger partial charge in [-0.2, -0.15) is 5.26 Å². The molecule has 1 heterocycles. The fourth-order valence-corrected chi connectivity index (χ4v) is 2.91. The molecule has 2 aromatic carbocycles. The molecule has 5 nitrogen and oxygen atoms in total. The molecule has 25 heavy (non-hydrogen) atoms. The average molecular weight is 336 g/mol. The van der Waals surface area contributed by atoms with Crippen LogP contribution in [0.5, 0.6) is 17.2 Å². The Morgan fingerprint density at radius 2 is 2.12 bits per heavy atom. The van der Waals surface area contributed by atoms with Gasteiger partial charge in [-0.3, -0.25) is 0 Å². The number of nitriles is 1. The smallest absolute Gasteiger partial charge is 0.205 e. The van der Waals surface area contributed by atoms with Crippen LogP contribution in [0.15, 0.2) is 53.9 Å². The number of nitrogens with two attached hydrogens (primary N) is 1. The quantitative estimate of drug-likeness (QED) is 0.811. The molecule has 3 N–H and O–H groups in total. The van der Waals surface area contributed by atoms with Gasteiger partial charge >= 0.3 is 0 Å². The van der Waals surface area contributed by atoms with Crippen molar-refractivity contribution in [1.82, 2.24) is 0 Å². The zero-order chi connectivity index (χ0) is 17.8. The summed E-state index contributed by atoms with van der Waals surface area (Å²) in [4.78, 5) is 0. The number of hydrogen-bond donors (Lipinski definition) is 2. The van der Waals surface area contributed by atoms with Crippen LogP contribution in [0.4, 0.5) is 0 Å². The minimum Gasteiger partial charge on any atom is -0.508 e. The molecule has 0 fully saturated rings. The van der Waals surface area contributed by atoms with Crippen molar-refractivity contribution in [3.05, 3.63) is 65.0 Å². The number of phenols is 1. The number of rotatable bonds is 5. The molecule has 0 aromatic heterocycles. The van der Waals surface area contributed by atoms with E-state index in [1.54, 1.807) is 12.1 Å². The lowest BCUT2D eigenvalue weighted by Gasteiger charge is -2.26. The van der Waals surface area contributed by atoms with Crippen molar-refractivity contribution in [3.63, 3.8) is 0 Å². The number of ether oxygens (including phenoxy) is 2. The van der Waals surface area contributed by atoms with Crippen LogP contribution in [0.25, 0.3) is 0 Å². The SMILES string of the molecule is CCCCOc1cccc([C@H]2C(C#N)=C(N)Oc3cc(O)ccc32)c1. The highest BCUT2D eigenvalue weighted by Crippen LogP contribution is 2.43. The van der Waals surface area contributed by atoms with Crippen LogP contribution in [0, 0.1) is 11.3 Å². The minimum atomic E-state index is -0.357. The van der Waals surface area contributed by atoms with Crippen LogP contribution in [0.3, 0.4) is 0 Å². The molecule has 0 unspecified atom stereocenters. The highest BCUT2D eigenvalue weighted by molar-refractivity contribution is 5.57. The molecule has 0 saturated heterocycles. The summed E-state index contributed by atoms with van der Waals surface area (Å²) in [6, 6.07) is 14.6. The molecule has 0 radical (unpaired) electrons. The Labute approximate surface area is 146 Å². The summed E-state index contributed by atoms with van der Waals surface area (Å²) in [5.41, 5.74) is 7.97. The first-order valence-electron chi connectivity index (χ1n) is 8.27. The van der Waals surface area contributed by atoms with Crippen LogP contribution < -0.4 is 15.2 Å². The van der Waals surface area contributed by atoms with Crippen molar-refractivity contribution >= 4 is 0 Å². The molecule has 0 aliphatic carbocycles. The van der Waals surface area contributed by atoms with Gasteiger partial charge in [-0.25, -0.2) is 0 Å². The number of allylic oxidation sites excluding steroid dienone is 1. The summed E-state index contributed by atoms with van der Waals surface area (Å²) in [6.45, 7) is 2.77. The number of hydrogen-bond acceptors (Lipinski definition) is 5. The highest BCUT2D eigenvalue weighted by Gasteiger charge is 2.31. The minimum absolute atomic E-state index is 0.0582. The second-order valence-electron chi connectivity index (χ2n) is 5.92. The van der Waals surface area contributed by atoms with Gasteiger partial charge in [-0.1, -0.05) is 31.5 Å². The number of aromatic hydroxyl groups is 1. The number of nitrogens with zero attached hydrogens (tertiary/aromatic N) is 1. The van der Waals surface area contributed by atoms with Crippen molar-refractivity contribution in [2.75, 3.05) is 6.61 Å². The lowest BCUT2D eigenvalue weighted by Crippen LogP contribution is -2.21. The number of phenolic OH excluding ortho intramolecular Hbond substituents is 1. The molecule has 0 saturated carbocycles. The van der Waals surface area contributed by atoms with E-state index in [-0.39, 0.29) is 17.6 Å². The molecule has 1 aliphatic rings.